The molecule has 0 atom stereocenters. The second kappa shape index (κ2) is 11.4. The van der Waals surface area contributed by atoms with E-state index in [2.05, 4.69) is 32.0 Å². The minimum Gasteiger partial charge on any atom is -0.444 e. The number of fused-ring (bicyclic) bond motifs is 9. The van der Waals surface area contributed by atoms with Gasteiger partial charge in [0.05, 0.1) is 0 Å². The zero-order valence-corrected chi connectivity index (χ0v) is 26.5. The van der Waals surface area contributed by atoms with Gasteiger partial charge in [-0.2, -0.15) is 0 Å². The molecule has 1 aliphatic heterocycles. The number of carbonyl (C=O) groups is 2. The van der Waals surface area contributed by atoms with Crippen molar-refractivity contribution in [2.45, 2.75) is 45.3 Å². The Morgan fingerprint density at radius 3 is 1.68 bits per heavy atom. The number of hydrogen-bond donors (Lipinski definition) is 0. The Bertz CT molecular complexity index is 2210. The monoisotopic (exact) mass is 614 g/mol. The van der Waals surface area contributed by atoms with E-state index in [4.69, 9.17) is 9.47 Å². The third-order valence-corrected chi connectivity index (χ3v) is 9.49. The highest BCUT2D eigenvalue weighted by atomic mass is 16.7. The second-order valence-corrected chi connectivity index (χ2v) is 12.4. The Morgan fingerprint density at radius 1 is 0.511 bits per heavy atom. The highest BCUT2D eigenvalue weighted by molar-refractivity contribution is 6.32. The summed E-state index contributed by atoms with van der Waals surface area (Å²) in [6, 6.07) is 40.0. The van der Waals surface area contributed by atoms with E-state index in [-0.39, 0.29) is 11.6 Å². The molecule has 0 radical (unpaired) electrons. The van der Waals surface area contributed by atoms with E-state index in [0.29, 0.717) is 46.6 Å². The third-order valence-electron chi connectivity index (χ3n) is 9.49. The number of benzene rings is 6. The molecule has 47 heavy (non-hydrogen) atoms. The summed E-state index contributed by atoms with van der Waals surface area (Å²) in [4.78, 5) is 28.9. The summed E-state index contributed by atoms with van der Waals surface area (Å²) in [6.45, 7) is 4.11. The lowest BCUT2D eigenvalue weighted by Crippen LogP contribution is -2.40. The van der Waals surface area contributed by atoms with E-state index in [1.54, 1.807) is 0 Å². The molecule has 0 bridgehead atoms. The molecule has 2 aliphatic rings. The molecule has 6 aromatic rings. The molecule has 0 saturated carbocycles. The molecule has 8 rings (SSSR count). The van der Waals surface area contributed by atoms with E-state index in [1.807, 2.05) is 103 Å². The van der Waals surface area contributed by atoms with Gasteiger partial charge in [-0.05, 0) is 47.2 Å². The van der Waals surface area contributed by atoms with Crippen LogP contribution in [0.5, 0.6) is 11.5 Å². The topological polar surface area (TPSA) is 52.6 Å². The first kappa shape index (κ1) is 29.0. The van der Waals surface area contributed by atoms with Gasteiger partial charge < -0.3 is 9.47 Å². The molecule has 0 amide bonds. The second-order valence-electron chi connectivity index (χ2n) is 12.4. The van der Waals surface area contributed by atoms with E-state index in [0.717, 1.165) is 56.6 Å². The van der Waals surface area contributed by atoms with Crippen LogP contribution in [0.25, 0.3) is 32.7 Å². The van der Waals surface area contributed by atoms with Gasteiger partial charge >= 0.3 is 5.79 Å². The summed E-state index contributed by atoms with van der Waals surface area (Å²) in [6.07, 6.45) is 2.73. The number of hydrogen-bond acceptors (Lipinski definition) is 4. The van der Waals surface area contributed by atoms with E-state index in [1.165, 1.54) is 0 Å². The molecule has 0 spiro atoms. The van der Waals surface area contributed by atoms with Gasteiger partial charge in [0.25, 0.3) is 0 Å². The van der Waals surface area contributed by atoms with Gasteiger partial charge in [0.2, 0.25) is 0 Å². The minimum atomic E-state index is -1.34. The molecule has 230 valence electrons. The lowest BCUT2D eigenvalue weighted by atomic mass is 9.77. The average Bonchev–Trinajstić information content (AvgIpc) is 3.28. The first-order valence-corrected chi connectivity index (χ1v) is 16.5. The Morgan fingerprint density at radius 2 is 1.04 bits per heavy atom. The Hall–Kier alpha value is -5.48. The molecule has 0 fully saturated rings. The smallest absolute Gasteiger partial charge is 0.305 e. The highest BCUT2D eigenvalue weighted by Gasteiger charge is 2.44. The summed E-state index contributed by atoms with van der Waals surface area (Å²) in [5.41, 5.74) is 5.48. The van der Waals surface area contributed by atoms with E-state index >= 15 is 0 Å². The quantitative estimate of drug-likeness (QED) is 0.187. The first-order valence-electron chi connectivity index (χ1n) is 16.5. The van der Waals surface area contributed by atoms with Crippen LogP contribution >= 0.6 is 0 Å². The molecule has 4 heteroatoms. The fraction of sp³-hybridized carbons (Fsp3) is 0.163. The maximum Gasteiger partial charge on any atom is 0.305 e. The maximum absolute atomic E-state index is 14.7. The van der Waals surface area contributed by atoms with Crippen LogP contribution in [0.3, 0.4) is 0 Å². The summed E-state index contributed by atoms with van der Waals surface area (Å²) in [5, 5.41) is 3.60. The van der Waals surface area contributed by atoms with Crippen molar-refractivity contribution in [3.05, 3.63) is 155 Å². The predicted octanol–water partition coefficient (Wildman–Crippen LogP) is 10.6. The van der Waals surface area contributed by atoms with Crippen LogP contribution in [0, 0.1) is 0 Å². The van der Waals surface area contributed by atoms with Crippen molar-refractivity contribution < 1.29 is 19.1 Å². The van der Waals surface area contributed by atoms with Crippen LogP contribution in [0.1, 0.15) is 71.4 Å². The fourth-order valence-corrected chi connectivity index (χ4v) is 7.42. The molecule has 1 aliphatic carbocycles. The zero-order valence-electron chi connectivity index (χ0n) is 26.5. The van der Waals surface area contributed by atoms with Crippen molar-refractivity contribution in [3.8, 4) is 22.6 Å². The summed E-state index contributed by atoms with van der Waals surface area (Å²) in [5.74, 6) is -0.237. The van der Waals surface area contributed by atoms with Crippen molar-refractivity contribution in [1.82, 2.24) is 0 Å². The third kappa shape index (κ3) is 4.43. The van der Waals surface area contributed by atoms with Gasteiger partial charge in [-0.3, -0.25) is 9.59 Å². The Kier molecular flexibility index (Phi) is 7.02. The number of carbonyl (C=O) groups excluding carboxylic acids is 2. The lowest BCUT2D eigenvalue weighted by Gasteiger charge is -2.34. The fourth-order valence-electron chi connectivity index (χ4n) is 7.42. The molecule has 4 nitrogen and oxygen atoms in total. The highest BCUT2D eigenvalue weighted by Crippen LogP contribution is 2.54. The molecule has 1 heterocycles. The van der Waals surface area contributed by atoms with Gasteiger partial charge in [-0.15, -0.1) is 0 Å². The first-order chi connectivity index (χ1) is 23.1. The minimum absolute atomic E-state index is 0.0451. The van der Waals surface area contributed by atoms with Crippen molar-refractivity contribution in [1.29, 1.82) is 0 Å². The molecular formula is C43H34O4. The molecule has 0 unspecified atom stereocenters. The van der Waals surface area contributed by atoms with Gasteiger partial charge in [-0.25, -0.2) is 0 Å². The van der Waals surface area contributed by atoms with Gasteiger partial charge in [0, 0.05) is 49.9 Å². The molecule has 6 aromatic carbocycles. The van der Waals surface area contributed by atoms with Crippen molar-refractivity contribution in [3.63, 3.8) is 0 Å². The standard InChI is InChI=1S/C43H34O4/c1-3-13-32-33(14-4-2)42(45)39-34(41(32)44)24-21-28-23-26-36-40(37(28)39)38-31-20-12-11-15-27(31)22-25-35(38)46-43(47-36,29-16-7-5-8-17-29)30-18-9-6-10-19-30/h5-12,15-26H,3-4,13-14H2,1-2H3. The summed E-state index contributed by atoms with van der Waals surface area (Å²) in [7, 11) is 0. The normalized spacial score (nSPS) is 15.0. The van der Waals surface area contributed by atoms with Crippen LogP contribution in [0.15, 0.2) is 132 Å². The lowest BCUT2D eigenvalue weighted by molar-refractivity contribution is -0.0811. The van der Waals surface area contributed by atoms with E-state index < -0.39 is 5.79 Å². The van der Waals surface area contributed by atoms with Crippen LogP contribution in [0.2, 0.25) is 0 Å². The van der Waals surface area contributed by atoms with Crippen LogP contribution in [0.4, 0.5) is 0 Å². The molecule has 0 N–H and O–H groups in total. The Labute approximate surface area is 274 Å². The van der Waals surface area contributed by atoms with Crippen LogP contribution < -0.4 is 9.47 Å². The van der Waals surface area contributed by atoms with E-state index in [9.17, 15) is 9.59 Å². The maximum atomic E-state index is 14.7. The molecule has 0 saturated heterocycles. The van der Waals surface area contributed by atoms with Crippen LogP contribution in [-0.2, 0) is 5.79 Å². The average molecular weight is 615 g/mol. The van der Waals surface area contributed by atoms with Gasteiger partial charge in [0.15, 0.2) is 11.6 Å². The largest absolute Gasteiger partial charge is 0.444 e. The van der Waals surface area contributed by atoms with Crippen molar-refractivity contribution in [2.75, 3.05) is 0 Å². The number of Topliss-reactive ketones (excluding diaryl/α,β-unsaturated/α-hetero) is 2. The molecule has 0 aromatic heterocycles. The number of allylic oxidation sites excluding steroid dienone is 2. The van der Waals surface area contributed by atoms with Crippen LogP contribution in [-0.4, -0.2) is 11.6 Å². The summed E-state index contributed by atoms with van der Waals surface area (Å²) < 4.78 is 14.4. The number of ether oxygens (including phenoxy) is 2. The predicted molar refractivity (Wildman–Crippen MR) is 187 cm³/mol. The summed E-state index contributed by atoms with van der Waals surface area (Å²) >= 11 is 0. The van der Waals surface area contributed by atoms with Crippen molar-refractivity contribution in [2.24, 2.45) is 0 Å². The Balaban J connectivity index is 1.52. The zero-order chi connectivity index (χ0) is 32.1. The SMILES string of the molecule is CCCC1=C(CCC)C(=O)c2c(ccc3ccc4c(c23)-c2c(ccc3ccccc23)OC(c2ccccc2)(c2ccccc2)O4)C1=O. The van der Waals surface area contributed by atoms with Crippen molar-refractivity contribution >= 4 is 33.1 Å². The number of ketones is 2. The number of rotatable bonds is 6. The van der Waals surface area contributed by atoms with Gasteiger partial charge in [0.1, 0.15) is 11.5 Å². The van der Waals surface area contributed by atoms with Gasteiger partial charge in [-0.1, -0.05) is 130 Å². The molecular weight excluding hydrogens is 580 g/mol.